The van der Waals surface area contributed by atoms with Crippen LogP contribution >= 0.6 is 0 Å². The summed E-state index contributed by atoms with van der Waals surface area (Å²) in [7, 11) is 0. The molecule has 2 rings (SSSR count). The van der Waals surface area contributed by atoms with Crippen LogP contribution in [0.15, 0.2) is 48.5 Å². The van der Waals surface area contributed by atoms with Gasteiger partial charge >= 0.3 is 0 Å². The molecule has 0 aromatic heterocycles. The van der Waals surface area contributed by atoms with Gasteiger partial charge in [0.2, 0.25) is 0 Å². The Kier molecular flexibility index (Phi) is 5.22. The fraction of sp³-hybridized carbons (Fsp3) is 0.278. The second-order valence-electron chi connectivity index (χ2n) is 4.87. The molecule has 2 aromatic carbocycles. The number of rotatable bonds is 6. The lowest BCUT2D eigenvalue weighted by atomic mass is 10.1. The minimum Gasteiger partial charge on any atom is -0.494 e. The van der Waals surface area contributed by atoms with Crippen molar-refractivity contribution in [2.24, 2.45) is 0 Å². The number of nitrogens with zero attached hydrogens (tertiary/aromatic N) is 1. The van der Waals surface area contributed by atoms with Crippen LogP contribution in [0.5, 0.6) is 5.75 Å². The molecule has 0 radical (unpaired) electrons. The molecule has 0 heterocycles. The van der Waals surface area contributed by atoms with Gasteiger partial charge in [-0.05, 0) is 37.6 Å². The monoisotopic (exact) mass is 280 g/mol. The lowest BCUT2D eigenvalue weighted by molar-refractivity contribution is 0.335. The van der Waals surface area contributed by atoms with Crippen molar-refractivity contribution in [1.29, 1.82) is 5.26 Å². The van der Waals surface area contributed by atoms with E-state index in [1.807, 2.05) is 49.4 Å². The van der Waals surface area contributed by atoms with Crippen molar-refractivity contribution < 1.29 is 4.74 Å². The first-order valence-electron chi connectivity index (χ1n) is 7.18. The minimum atomic E-state index is 0.148. The maximum absolute atomic E-state index is 8.68. The Morgan fingerprint density at radius 3 is 2.52 bits per heavy atom. The van der Waals surface area contributed by atoms with Crippen molar-refractivity contribution in [2.75, 3.05) is 11.9 Å². The van der Waals surface area contributed by atoms with E-state index in [1.165, 1.54) is 0 Å². The number of hydrogen-bond acceptors (Lipinski definition) is 3. The van der Waals surface area contributed by atoms with Crippen molar-refractivity contribution in [3.05, 3.63) is 59.7 Å². The molecule has 1 N–H and O–H groups in total. The summed E-state index contributed by atoms with van der Waals surface area (Å²) in [6.07, 6.45) is 0.447. The summed E-state index contributed by atoms with van der Waals surface area (Å²) in [6.45, 7) is 4.76. The van der Waals surface area contributed by atoms with Crippen LogP contribution in [-0.2, 0) is 6.42 Å². The number of ether oxygens (including phenoxy) is 1. The van der Waals surface area contributed by atoms with Crippen molar-refractivity contribution in [3.8, 4) is 11.8 Å². The van der Waals surface area contributed by atoms with Crippen molar-refractivity contribution >= 4 is 5.69 Å². The molecule has 2 aromatic rings. The lowest BCUT2D eigenvalue weighted by Crippen LogP contribution is -2.08. The molecule has 0 saturated carbocycles. The molecule has 1 atom stereocenters. The van der Waals surface area contributed by atoms with E-state index in [0.717, 1.165) is 22.6 Å². The SMILES string of the molecule is CCOc1ccccc1C(C)Nc1ccc(CC#N)cc1. The first-order valence-corrected chi connectivity index (χ1v) is 7.18. The highest BCUT2D eigenvalue weighted by Crippen LogP contribution is 2.27. The van der Waals surface area contributed by atoms with Gasteiger partial charge in [-0.1, -0.05) is 30.3 Å². The van der Waals surface area contributed by atoms with Crippen LogP contribution in [0.3, 0.4) is 0 Å². The van der Waals surface area contributed by atoms with Gasteiger partial charge in [0.05, 0.1) is 25.1 Å². The first kappa shape index (κ1) is 14.9. The van der Waals surface area contributed by atoms with Crippen LogP contribution in [0, 0.1) is 11.3 Å². The molecule has 0 aliphatic heterocycles. The molecule has 108 valence electrons. The predicted molar refractivity (Wildman–Crippen MR) is 85.4 cm³/mol. The normalized spacial score (nSPS) is 11.5. The highest BCUT2D eigenvalue weighted by atomic mass is 16.5. The van der Waals surface area contributed by atoms with Crippen LogP contribution in [0.2, 0.25) is 0 Å². The van der Waals surface area contributed by atoms with E-state index in [-0.39, 0.29) is 6.04 Å². The van der Waals surface area contributed by atoms with Gasteiger partial charge < -0.3 is 10.1 Å². The molecular weight excluding hydrogens is 260 g/mol. The van der Waals surface area contributed by atoms with E-state index >= 15 is 0 Å². The Labute approximate surface area is 126 Å². The van der Waals surface area contributed by atoms with E-state index in [1.54, 1.807) is 0 Å². The summed E-state index contributed by atoms with van der Waals surface area (Å²) >= 11 is 0. The summed E-state index contributed by atoms with van der Waals surface area (Å²) in [6, 6.07) is 18.3. The summed E-state index contributed by atoms with van der Waals surface area (Å²) in [4.78, 5) is 0. The highest BCUT2D eigenvalue weighted by Gasteiger charge is 2.10. The average Bonchev–Trinajstić information content (AvgIpc) is 2.50. The molecule has 0 amide bonds. The number of benzene rings is 2. The van der Waals surface area contributed by atoms with E-state index in [4.69, 9.17) is 10.00 Å². The zero-order valence-electron chi connectivity index (χ0n) is 12.5. The zero-order chi connectivity index (χ0) is 15.1. The third-order valence-corrected chi connectivity index (χ3v) is 3.31. The Morgan fingerprint density at radius 1 is 1.14 bits per heavy atom. The van der Waals surface area contributed by atoms with Gasteiger partial charge in [0, 0.05) is 11.3 Å². The largest absolute Gasteiger partial charge is 0.494 e. The Bertz CT molecular complexity index is 614. The van der Waals surface area contributed by atoms with Crippen LogP contribution in [0.4, 0.5) is 5.69 Å². The molecular formula is C18H20N2O. The third kappa shape index (κ3) is 4.00. The summed E-state index contributed by atoms with van der Waals surface area (Å²) < 4.78 is 5.67. The fourth-order valence-corrected chi connectivity index (χ4v) is 2.26. The van der Waals surface area contributed by atoms with Crippen molar-refractivity contribution in [2.45, 2.75) is 26.3 Å². The quantitative estimate of drug-likeness (QED) is 0.856. The second-order valence-corrected chi connectivity index (χ2v) is 4.87. The van der Waals surface area contributed by atoms with E-state index in [2.05, 4.69) is 24.4 Å². The number of nitrogens with one attached hydrogen (secondary N) is 1. The molecule has 0 bridgehead atoms. The molecule has 0 spiro atoms. The van der Waals surface area contributed by atoms with Gasteiger partial charge in [-0.3, -0.25) is 0 Å². The summed E-state index contributed by atoms with van der Waals surface area (Å²) in [5.41, 5.74) is 3.21. The standard InChI is InChI=1S/C18H20N2O/c1-3-21-18-7-5-4-6-17(18)14(2)20-16-10-8-15(9-11-16)12-13-19/h4-11,14,20H,3,12H2,1-2H3. The van der Waals surface area contributed by atoms with E-state index in [0.29, 0.717) is 13.0 Å². The molecule has 3 heteroatoms. The molecule has 0 fully saturated rings. The van der Waals surface area contributed by atoms with Crippen molar-refractivity contribution in [3.63, 3.8) is 0 Å². The van der Waals surface area contributed by atoms with Crippen LogP contribution < -0.4 is 10.1 Å². The first-order chi connectivity index (χ1) is 10.2. The number of hydrogen-bond donors (Lipinski definition) is 1. The molecule has 3 nitrogen and oxygen atoms in total. The molecule has 0 aliphatic rings. The van der Waals surface area contributed by atoms with Crippen LogP contribution in [0.25, 0.3) is 0 Å². The number of para-hydroxylation sites is 1. The Morgan fingerprint density at radius 2 is 1.86 bits per heavy atom. The fourth-order valence-electron chi connectivity index (χ4n) is 2.26. The molecule has 0 saturated heterocycles. The zero-order valence-corrected chi connectivity index (χ0v) is 12.5. The summed E-state index contributed by atoms with van der Waals surface area (Å²) in [5, 5.41) is 12.1. The number of anilines is 1. The van der Waals surface area contributed by atoms with Crippen LogP contribution in [-0.4, -0.2) is 6.61 Å². The molecule has 1 unspecified atom stereocenters. The third-order valence-electron chi connectivity index (χ3n) is 3.31. The van der Waals surface area contributed by atoms with Gasteiger partial charge in [-0.25, -0.2) is 0 Å². The number of nitriles is 1. The van der Waals surface area contributed by atoms with E-state index in [9.17, 15) is 0 Å². The lowest BCUT2D eigenvalue weighted by Gasteiger charge is -2.19. The average molecular weight is 280 g/mol. The Balaban J connectivity index is 2.10. The van der Waals surface area contributed by atoms with Gasteiger partial charge in [-0.15, -0.1) is 0 Å². The van der Waals surface area contributed by atoms with Crippen molar-refractivity contribution in [1.82, 2.24) is 0 Å². The van der Waals surface area contributed by atoms with Gasteiger partial charge in [0.15, 0.2) is 0 Å². The van der Waals surface area contributed by atoms with Crippen LogP contribution in [0.1, 0.15) is 31.0 Å². The molecule has 0 aliphatic carbocycles. The second kappa shape index (κ2) is 7.35. The highest BCUT2D eigenvalue weighted by molar-refractivity contribution is 5.48. The predicted octanol–water partition coefficient (Wildman–Crippen LogP) is 4.32. The maximum Gasteiger partial charge on any atom is 0.124 e. The smallest absolute Gasteiger partial charge is 0.124 e. The van der Waals surface area contributed by atoms with E-state index < -0.39 is 0 Å². The van der Waals surface area contributed by atoms with Gasteiger partial charge in [-0.2, -0.15) is 5.26 Å². The van der Waals surface area contributed by atoms with Gasteiger partial charge in [0.1, 0.15) is 5.75 Å². The minimum absolute atomic E-state index is 0.148. The topological polar surface area (TPSA) is 45.0 Å². The Hall–Kier alpha value is -2.47. The summed E-state index contributed by atoms with van der Waals surface area (Å²) in [5.74, 6) is 0.918. The molecule has 21 heavy (non-hydrogen) atoms. The maximum atomic E-state index is 8.68. The van der Waals surface area contributed by atoms with Gasteiger partial charge in [0.25, 0.3) is 0 Å².